The first-order valence-electron chi connectivity index (χ1n) is 8.00. The van der Waals surface area contributed by atoms with Gasteiger partial charge in [0.05, 0.1) is 10.6 Å². The van der Waals surface area contributed by atoms with E-state index in [1.165, 1.54) is 16.8 Å². The van der Waals surface area contributed by atoms with Gasteiger partial charge in [-0.25, -0.2) is 0 Å². The summed E-state index contributed by atoms with van der Waals surface area (Å²) in [6.45, 7) is 2.00. The molecule has 25 heavy (non-hydrogen) atoms. The summed E-state index contributed by atoms with van der Waals surface area (Å²) in [5, 5.41) is 0.375. The molecule has 0 saturated carbocycles. The third-order valence-electron chi connectivity index (χ3n) is 4.33. The van der Waals surface area contributed by atoms with E-state index in [0.29, 0.717) is 5.02 Å². The average Bonchev–Trinajstić information content (AvgIpc) is 2.60. The molecule has 0 atom stereocenters. The molecule has 0 unspecified atom stereocenters. The second kappa shape index (κ2) is 7.08. The maximum atomic E-state index is 12.7. The highest BCUT2D eigenvalue weighted by Crippen LogP contribution is 2.26. The Kier molecular flexibility index (Phi) is 4.86. The molecule has 3 rings (SSSR count). The number of Topliss-reactive ketones (excluding diaryl/α,β-unsaturated/α-hetero) is 1. The molecule has 0 amide bonds. The van der Waals surface area contributed by atoms with E-state index in [4.69, 9.17) is 11.6 Å². The molecular weight excluding hydrogens is 334 g/mol. The number of carbonyl (C=O) groups is 1. The summed E-state index contributed by atoms with van der Waals surface area (Å²) >= 11 is 5.99. The van der Waals surface area contributed by atoms with E-state index in [-0.39, 0.29) is 23.3 Å². The van der Waals surface area contributed by atoms with Crippen LogP contribution < -0.4 is 5.56 Å². The Morgan fingerprint density at radius 3 is 2.52 bits per heavy atom. The highest BCUT2D eigenvalue weighted by Gasteiger charge is 2.16. The Labute approximate surface area is 151 Å². The molecule has 126 valence electrons. The van der Waals surface area contributed by atoms with Crippen molar-refractivity contribution in [3.63, 3.8) is 0 Å². The molecule has 4 heteroatoms. The predicted molar refractivity (Wildman–Crippen MR) is 101 cm³/mol. The van der Waals surface area contributed by atoms with Crippen LogP contribution in [-0.4, -0.2) is 10.4 Å². The summed E-state index contributed by atoms with van der Waals surface area (Å²) in [7, 11) is 1.59. The van der Waals surface area contributed by atoms with E-state index in [1.54, 1.807) is 7.05 Å². The van der Waals surface area contributed by atoms with Gasteiger partial charge >= 0.3 is 0 Å². The van der Waals surface area contributed by atoms with Crippen LogP contribution in [0.2, 0.25) is 5.02 Å². The van der Waals surface area contributed by atoms with Crippen molar-refractivity contribution < 1.29 is 4.79 Å². The normalized spacial score (nSPS) is 10.7. The molecule has 3 aromatic rings. The van der Waals surface area contributed by atoms with E-state index >= 15 is 0 Å². The highest BCUT2D eigenvalue weighted by molar-refractivity contribution is 6.30. The number of benzene rings is 2. The third kappa shape index (κ3) is 3.57. The molecule has 0 aliphatic rings. The van der Waals surface area contributed by atoms with Crippen LogP contribution in [0.5, 0.6) is 0 Å². The molecule has 1 heterocycles. The number of halogens is 1. The minimum atomic E-state index is -0.328. The van der Waals surface area contributed by atoms with Crippen molar-refractivity contribution in [3.8, 4) is 11.1 Å². The lowest BCUT2D eigenvalue weighted by molar-refractivity contribution is 0.0991. The van der Waals surface area contributed by atoms with Crippen LogP contribution in [0.3, 0.4) is 0 Å². The Morgan fingerprint density at radius 2 is 1.80 bits per heavy atom. The molecular formula is C21H18ClNO2. The lowest BCUT2D eigenvalue weighted by Crippen LogP contribution is -2.24. The van der Waals surface area contributed by atoms with Crippen molar-refractivity contribution in [2.24, 2.45) is 7.05 Å². The summed E-state index contributed by atoms with van der Waals surface area (Å²) < 4.78 is 1.34. The van der Waals surface area contributed by atoms with E-state index < -0.39 is 0 Å². The fourth-order valence-corrected chi connectivity index (χ4v) is 3.20. The van der Waals surface area contributed by atoms with Crippen molar-refractivity contribution in [3.05, 3.63) is 92.9 Å². The van der Waals surface area contributed by atoms with Crippen LogP contribution in [-0.2, 0) is 13.5 Å². The molecule has 0 bridgehead atoms. The Bertz CT molecular complexity index is 991. The first-order chi connectivity index (χ1) is 12.0. The fraction of sp³-hybridized carbons (Fsp3) is 0.143. The molecule has 3 nitrogen and oxygen atoms in total. The summed E-state index contributed by atoms with van der Waals surface area (Å²) in [5.74, 6) is -0.226. The first kappa shape index (κ1) is 17.2. The van der Waals surface area contributed by atoms with Gasteiger partial charge in [-0.05, 0) is 35.2 Å². The van der Waals surface area contributed by atoms with Crippen molar-refractivity contribution in [2.45, 2.75) is 13.3 Å². The third-order valence-corrected chi connectivity index (χ3v) is 4.54. The number of rotatable bonds is 4. The number of ketones is 1. The SMILES string of the molecule is Cc1c(CC(=O)c2cc(Cl)cn(C)c2=O)cccc1-c1ccccc1. The zero-order valence-corrected chi connectivity index (χ0v) is 14.9. The Balaban J connectivity index is 1.97. The smallest absolute Gasteiger partial charge is 0.261 e. The minimum absolute atomic E-state index is 0.125. The van der Waals surface area contributed by atoms with Crippen molar-refractivity contribution in [1.82, 2.24) is 4.57 Å². The molecule has 2 aromatic carbocycles. The molecule has 0 N–H and O–H groups in total. The quantitative estimate of drug-likeness (QED) is 0.652. The molecule has 0 saturated heterocycles. The summed E-state index contributed by atoms with van der Waals surface area (Å²) in [6.07, 6.45) is 1.67. The van der Waals surface area contributed by atoms with Gasteiger partial charge in [0.2, 0.25) is 0 Å². The van der Waals surface area contributed by atoms with Gasteiger partial charge in [-0.2, -0.15) is 0 Å². The number of nitrogens with zero attached hydrogens (tertiary/aromatic N) is 1. The Morgan fingerprint density at radius 1 is 1.08 bits per heavy atom. The van der Waals surface area contributed by atoms with Crippen LogP contribution in [0.25, 0.3) is 11.1 Å². The lowest BCUT2D eigenvalue weighted by atomic mass is 9.93. The summed E-state index contributed by atoms with van der Waals surface area (Å²) in [5.41, 5.74) is 3.94. The van der Waals surface area contributed by atoms with Gasteiger partial charge in [-0.3, -0.25) is 9.59 Å². The van der Waals surface area contributed by atoms with Crippen LogP contribution in [0.4, 0.5) is 0 Å². The van der Waals surface area contributed by atoms with Gasteiger partial charge in [-0.1, -0.05) is 60.1 Å². The van der Waals surface area contributed by atoms with Crippen molar-refractivity contribution in [1.29, 1.82) is 0 Å². The van der Waals surface area contributed by atoms with Crippen molar-refractivity contribution >= 4 is 17.4 Å². The number of hydrogen-bond donors (Lipinski definition) is 0. The number of hydrogen-bond acceptors (Lipinski definition) is 2. The minimum Gasteiger partial charge on any atom is -0.316 e. The number of carbonyl (C=O) groups excluding carboxylic acids is 1. The van der Waals surface area contributed by atoms with Gasteiger partial charge in [0.1, 0.15) is 0 Å². The highest BCUT2D eigenvalue weighted by atomic mass is 35.5. The number of aromatic nitrogens is 1. The molecule has 0 aliphatic carbocycles. The first-order valence-corrected chi connectivity index (χ1v) is 8.38. The molecule has 0 radical (unpaired) electrons. The predicted octanol–water partition coefficient (Wildman–Crippen LogP) is 4.44. The van der Waals surface area contributed by atoms with Gasteiger partial charge in [0, 0.05) is 19.7 Å². The van der Waals surface area contributed by atoms with E-state index in [2.05, 4.69) is 0 Å². The molecule has 0 spiro atoms. The molecule has 1 aromatic heterocycles. The van der Waals surface area contributed by atoms with Crippen LogP contribution in [0.1, 0.15) is 21.5 Å². The van der Waals surface area contributed by atoms with Crippen molar-refractivity contribution in [2.75, 3.05) is 0 Å². The van der Waals surface area contributed by atoms with Crippen LogP contribution in [0.15, 0.2) is 65.6 Å². The monoisotopic (exact) mass is 351 g/mol. The van der Waals surface area contributed by atoms with Crippen LogP contribution >= 0.6 is 11.6 Å². The second-order valence-electron chi connectivity index (χ2n) is 6.04. The van der Waals surface area contributed by atoms with E-state index in [9.17, 15) is 9.59 Å². The average molecular weight is 352 g/mol. The van der Waals surface area contributed by atoms with Gasteiger partial charge in [0.15, 0.2) is 5.78 Å². The second-order valence-corrected chi connectivity index (χ2v) is 6.48. The molecule has 0 aliphatic heterocycles. The standard InChI is InChI=1S/C21H18ClNO2/c1-14-16(9-6-10-18(14)15-7-4-3-5-8-15)11-20(24)19-12-17(22)13-23(2)21(19)25/h3-10,12-13H,11H2,1-2H3. The van der Waals surface area contributed by atoms with E-state index in [1.807, 2.05) is 55.5 Å². The van der Waals surface area contributed by atoms with Gasteiger partial charge in [0.25, 0.3) is 5.56 Å². The zero-order chi connectivity index (χ0) is 18.0. The van der Waals surface area contributed by atoms with E-state index in [0.717, 1.165) is 22.3 Å². The number of pyridine rings is 1. The molecule has 0 fully saturated rings. The Hall–Kier alpha value is -2.65. The maximum absolute atomic E-state index is 12.7. The summed E-state index contributed by atoms with van der Waals surface area (Å²) in [6, 6.07) is 17.4. The fourth-order valence-electron chi connectivity index (χ4n) is 2.94. The van der Waals surface area contributed by atoms with Gasteiger partial charge < -0.3 is 4.57 Å². The summed E-state index contributed by atoms with van der Waals surface area (Å²) in [4.78, 5) is 24.9. The largest absolute Gasteiger partial charge is 0.316 e. The topological polar surface area (TPSA) is 39.1 Å². The number of aryl methyl sites for hydroxylation is 1. The van der Waals surface area contributed by atoms with Gasteiger partial charge in [-0.15, -0.1) is 0 Å². The maximum Gasteiger partial charge on any atom is 0.261 e. The van der Waals surface area contributed by atoms with Crippen LogP contribution in [0, 0.1) is 6.92 Å². The lowest BCUT2D eigenvalue weighted by Gasteiger charge is -2.11. The zero-order valence-electron chi connectivity index (χ0n) is 14.1.